The van der Waals surface area contributed by atoms with E-state index in [9.17, 15) is 0 Å². The fourth-order valence-electron chi connectivity index (χ4n) is 1.09. The minimum absolute atomic E-state index is 0.461. The van der Waals surface area contributed by atoms with Crippen molar-refractivity contribution in [2.75, 3.05) is 5.73 Å². The molecule has 4 heteroatoms. The van der Waals surface area contributed by atoms with E-state index in [2.05, 4.69) is 27.7 Å². The molecule has 0 saturated carbocycles. The van der Waals surface area contributed by atoms with Gasteiger partial charge in [0.05, 0.1) is 8.96 Å². The molecule has 1 heterocycles. The average molecular weight is 274 g/mol. The van der Waals surface area contributed by atoms with Crippen LogP contribution < -0.4 is 5.73 Å². The second-order valence-corrected chi connectivity index (χ2v) is 3.72. The maximum Gasteiger partial charge on any atom is 0.182 e. The van der Waals surface area contributed by atoms with Gasteiger partial charge in [0, 0.05) is 0 Å². The van der Waals surface area contributed by atoms with E-state index < -0.39 is 0 Å². The van der Waals surface area contributed by atoms with Crippen molar-refractivity contribution in [1.82, 2.24) is 5.16 Å². The van der Waals surface area contributed by atoms with Gasteiger partial charge in [0.2, 0.25) is 0 Å². The van der Waals surface area contributed by atoms with E-state index in [-0.39, 0.29) is 0 Å². The third-order valence-corrected chi connectivity index (χ3v) is 3.14. The van der Waals surface area contributed by atoms with Crippen LogP contribution in [0, 0.1) is 10.5 Å². The molecular weight excluding hydrogens is 267 g/mol. The normalized spacial score (nSPS) is 10.8. The molecule has 0 aliphatic carbocycles. The maximum absolute atomic E-state index is 5.59. The van der Waals surface area contributed by atoms with Gasteiger partial charge in [-0.05, 0) is 41.1 Å². The first-order chi connectivity index (χ1) is 5.70. The fraction of sp³-hybridized carbons (Fsp3) is 0.125. The zero-order valence-electron chi connectivity index (χ0n) is 6.47. The first-order valence-electron chi connectivity index (χ1n) is 3.50. The molecule has 2 rings (SSSR count). The van der Waals surface area contributed by atoms with Crippen molar-refractivity contribution in [2.24, 2.45) is 0 Å². The van der Waals surface area contributed by atoms with Gasteiger partial charge in [0.15, 0.2) is 11.4 Å². The number of hydrogen-bond acceptors (Lipinski definition) is 3. The lowest BCUT2D eigenvalue weighted by Crippen LogP contribution is -1.84. The molecule has 0 unspecified atom stereocenters. The van der Waals surface area contributed by atoms with Crippen molar-refractivity contribution in [1.29, 1.82) is 0 Å². The molecule has 0 fully saturated rings. The Morgan fingerprint density at radius 2 is 2.25 bits per heavy atom. The predicted molar refractivity (Wildman–Crippen MR) is 55.9 cm³/mol. The first-order valence-corrected chi connectivity index (χ1v) is 4.58. The summed E-state index contributed by atoms with van der Waals surface area (Å²) in [6.07, 6.45) is 0. The quantitative estimate of drug-likeness (QED) is 0.750. The summed E-state index contributed by atoms with van der Waals surface area (Å²) in [5.41, 5.74) is 7.55. The van der Waals surface area contributed by atoms with Crippen molar-refractivity contribution in [3.05, 3.63) is 21.3 Å². The molecule has 0 aliphatic heterocycles. The van der Waals surface area contributed by atoms with E-state index in [1.807, 2.05) is 19.1 Å². The Bertz CT molecular complexity index is 436. The van der Waals surface area contributed by atoms with E-state index in [0.717, 1.165) is 14.5 Å². The van der Waals surface area contributed by atoms with Crippen molar-refractivity contribution >= 4 is 39.4 Å². The number of rotatable bonds is 0. The van der Waals surface area contributed by atoms with Gasteiger partial charge >= 0.3 is 0 Å². The van der Waals surface area contributed by atoms with E-state index in [0.29, 0.717) is 5.82 Å². The fourth-order valence-corrected chi connectivity index (χ4v) is 1.66. The summed E-state index contributed by atoms with van der Waals surface area (Å²) in [7, 11) is 0. The largest absolute Gasteiger partial charge is 0.380 e. The van der Waals surface area contributed by atoms with Gasteiger partial charge in [0.25, 0.3) is 0 Å². The van der Waals surface area contributed by atoms with Crippen LogP contribution in [0.4, 0.5) is 5.82 Å². The van der Waals surface area contributed by atoms with Crippen molar-refractivity contribution < 1.29 is 4.52 Å². The lowest BCUT2D eigenvalue weighted by molar-refractivity contribution is 0.459. The Balaban J connectivity index is 2.93. The molecule has 0 atom stereocenters. The summed E-state index contributed by atoms with van der Waals surface area (Å²) in [5.74, 6) is 0.461. The lowest BCUT2D eigenvalue weighted by atomic mass is 10.2. The van der Waals surface area contributed by atoms with Crippen LogP contribution in [0.25, 0.3) is 11.0 Å². The number of nitrogens with two attached hydrogens (primary N) is 1. The second kappa shape index (κ2) is 2.62. The summed E-state index contributed by atoms with van der Waals surface area (Å²) >= 11 is 2.23. The summed E-state index contributed by atoms with van der Waals surface area (Å²) in [5, 5.41) is 4.59. The summed E-state index contributed by atoms with van der Waals surface area (Å²) in [6.45, 7) is 2.03. The van der Waals surface area contributed by atoms with Crippen LogP contribution in [-0.2, 0) is 0 Å². The van der Waals surface area contributed by atoms with Crippen LogP contribution in [0.15, 0.2) is 16.7 Å². The zero-order chi connectivity index (χ0) is 8.72. The predicted octanol–water partition coefficient (Wildman–Crippen LogP) is 2.32. The van der Waals surface area contributed by atoms with Crippen molar-refractivity contribution in [2.45, 2.75) is 6.92 Å². The summed E-state index contributed by atoms with van der Waals surface area (Å²) in [6, 6.07) is 3.94. The highest BCUT2D eigenvalue weighted by atomic mass is 127. The highest BCUT2D eigenvalue weighted by Crippen LogP contribution is 2.27. The van der Waals surface area contributed by atoms with Gasteiger partial charge in [0.1, 0.15) is 0 Å². The second-order valence-electron chi connectivity index (χ2n) is 2.64. The Morgan fingerprint density at radius 3 is 3.00 bits per heavy atom. The smallest absolute Gasteiger partial charge is 0.182 e. The van der Waals surface area contributed by atoms with Gasteiger partial charge in [-0.3, -0.25) is 0 Å². The minimum atomic E-state index is 0.461. The van der Waals surface area contributed by atoms with Crippen LogP contribution in [-0.4, -0.2) is 5.16 Å². The lowest BCUT2D eigenvalue weighted by Gasteiger charge is -1.95. The van der Waals surface area contributed by atoms with Crippen LogP contribution in [0.3, 0.4) is 0 Å². The van der Waals surface area contributed by atoms with E-state index in [1.54, 1.807) is 0 Å². The molecule has 12 heavy (non-hydrogen) atoms. The molecule has 62 valence electrons. The van der Waals surface area contributed by atoms with E-state index in [1.165, 1.54) is 5.56 Å². The van der Waals surface area contributed by atoms with Gasteiger partial charge in [-0.15, -0.1) is 0 Å². The van der Waals surface area contributed by atoms with Gasteiger partial charge in [-0.2, -0.15) is 0 Å². The van der Waals surface area contributed by atoms with E-state index in [4.69, 9.17) is 10.3 Å². The first kappa shape index (κ1) is 7.85. The number of fused-ring (bicyclic) bond motifs is 1. The molecule has 0 saturated heterocycles. The third kappa shape index (κ3) is 0.979. The molecule has 0 amide bonds. The number of aromatic nitrogens is 1. The molecule has 0 bridgehead atoms. The minimum Gasteiger partial charge on any atom is -0.380 e. The zero-order valence-corrected chi connectivity index (χ0v) is 8.62. The monoisotopic (exact) mass is 274 g/mol. The Kier molecular flexibility index (Phi) is 1.71. The van der Waals surface area contributed by atoms with Crippen molar-refractivity contribution in [3.63, 3.8) is 0 Å². The number of aryl methyl sites for hydroxylation is 1. The number of anilines is 1. The molecule has 0 radical (unpaired) electrons. The van der Waals surface area contributed by atoms with Crippen molar-refractivity contribution in [3.8, 4) is 0 Å². The average Bonchev–Trinajstić information content (AvgIpc) is 2.41. The molecule has 1 aromatic carbocycles. The summed E-state index contributed by atoms with van der Waals surface area (Å²) in [4.78, 5) is 0. The molecule has 0 spiro atoms. The maximum atomic E-state index is 5.59. The number of halogens is 1. The number of hydrogen-bond donors (Lipinski definition) is 1. The highest BCUT2D eigenvalue weighted by Gasteiger charge is 2.09. The SMILES string of the molecule is Cc1ccc2c(N)noc2c1I. The Morgan fingerprint density at radius 1 is 1.50 bits per heavy atom. The topological polar surface area (TPSA) is 52.0 Å². The molecule has 1 aromatic heterocycles. The molecule has 0 aliphatic rings. The molecule has 2 aromatic rings. The molecule has 2 N–H and O–H groups in total. The highest BCUT2D eigenvalue weighted by molar-refractivity contribution is 14.1. The van der Waals surface area contributed by atoms with Gasteiger partial charge in [-0.1, -0.05) is 11.2 Å². The van der Waals surface area contributed by atoms with Crippen LogP contribution in [0.1, 0.15) is 5.56 Å². The van der Waals surface area contributed by atoms with Gasteiger partial charge < -0.3 is 10.3 Å². The Labute approximate surface area is 83.0 Å². The van der Waals surface area contributed by atoms with Gasteiger partial charge in [-0.25, -0.2) is 0 Å². The third-order valence-electron chi connectivity index (χ3n) is 1.80. The van der Waals surface area contributed by atoms with Crippen LogP contribution in [0.2, 0.25) is 0 Å². The number of benzene rings is 1. The molecule has 3 nitrogen and oxygen atoms in total. The number of nitrogen functional groups attached to an aromatic ring is 1. The van der Waals surface area contributed by atoms with Crippen LogP contribution in [0.5, 0.6) is 0 Å². The Hall–Kier alpha value is -0.780. The van der Waals surface area contributed by atoms with Crippen LogP contribution >= 0.6 is 22.6 Å². The van der Waals surface area contributed by atoms with E-state index >= 15 is 0 Å². The number of nitrogens with zero attached hydrogens (tertiary/aromatic N) is 1. The molecular formula is C8H7IN2O. The standard InChI is InChI=1S/C8H7IN2O/c1-4-2-3-5-7(6(4)9)12-11-8(5)10/h2-3H,1H3,(H2,10,11). The summed E-state index contributed by atoms with van der Waals surface area (Å²) < 4.78 is 6.16.